The number of carbonyl (C=O) groups excluding carboxylic acids is 1. The summed E-state index contributed by atoms with van der Waals surface area (Å²) in [6, 6.07) is 14.9. The number of carboxylic acids is 1. The molecule has 0 heterocycles. The molecule has 0 amide bonds. The summed E-state index contributed by atoms with van der Waals surface area (Å²) >= 11 is 0. The van der Waals surface area contributed by atoms with E-state index in [4.69, 9.17) is 25.7 Å². The number of benzene rings is 3. The zero-order valence-corrected chi connectivity index (χ0v) is 22.9. The van der Waals surface area contributed by atoms with Crippen LogP contribution in [0.4, 0.5) is 33.3 Å². The van der Waals surface area contributed by atoms with Crippen LogP contribution < -0.4 is 25.7 Å². The fourth-order valence-corrected chi connectivity index (χ4v) is 3.88. The number of hydrogen-bond acceptors (Lipinski definition) is 7. The minimum absolute atomic E-state index is 0.0575. The molecule has 0 aliphatic rings. The van der Waals surface area contributed by atoms with Crippen molar-refractivity contribution in [3.63, 3.8) is 0 Å². The van der Waals surface area contributed by atoms with Crippen molar-refractivity contribution in [2.75, 3.05) is 25.2 Å². The first kappa shape index (κ1) is 32.7. The number of methoxy groups -OCH3 is 1. The fraction of sp³-hybridized carbons (Fsp3) is 0.267. The summed E-state index contributed by atoms with van der Waals surface area (Å²) < 4.78 is 78.6. The van der Waals surface area contributed by atoms with Crippen molar-refractivity contribution < 1.29 is 50.9 Å². The molecule has 3 aromatic carbocycles. The van der Waals surface area contributed by atoms with Crippen molar-refractivity contribution in [1.82, 2.24) is 0 Å². The van der Waals surface area contributed by atoms with Gasteiger partial charge in [0.05, 0.1) is 19.3 Å². The maximum atomic E-state index is 13.0. The molecule has 0 unspecified atom stereocenters. The normalized spacial score (nSPS) is 12.1. The van der Waals surface area contributed by atoms with Gasteiger partial charge < -0.3 is 30.8 Å². The van der Waals surface area contributed by atoms with Gasteiger partial charge in [0.25, 0.3) is 0 Å². The first-order valence-corrected chi connectivity index (χ1v) is 12.9. The molecule has 0 spiro atoms. The highest BCUT2D eigenvalue weighted by Gasteiger charge is 2.56. The molecule has 0 fully saturated rings. The topological polar surface area (TPSA) is 134 Å². The second-order valence-electron chi connectivity index (χ2n) is 9.41. The number of esters is 1. The van der Waals surface area contributed by atoms with Crippen LogP contribution in [-0.2, 0) is 11.2 Å². The van der Waals surface area contributed by atoms with Crippen LogP contribution in [0, 0.1) is 0 Å². The van der Waals surface area contributed by atoms with Gasteiger partial charge >= 0.3 is 24.0 Å². The van der Waals surface area contributed by atoms with Gasteiger partial charge in [0.1, 0.15) is 5.75 Å². The Balaban J connectivity index is 1.62. The number of nitrogens with two attached hydrogens (primary N) is 2. The lowest BCUT2D eigenvalue weighted by molar-refractivity contribution is -0.284. The van der Waals surface area contributed by atoms with Crippen LogP contribution in [-0.4, -0.2) is 42.9 Å². The van der Waals surface area contributed by atoms with Gasteiger partial charge in [0, 0.05) is 23.4 Å². The number of hydrogen-bond donors (Lipinski definition) is 3. The van der Waals surface area contributed by atoms with Crippen molar-refractivity contribution >= 4 is 29.4 Å². The van der Waals surface area contributed by atoms with Crippen LogP contribution in [0.2, 0.25) is 0 Å². The van der Waals surface area contributed by atoms with Gasteiger partial charge in [-0.2, -0.15) is 22.0 Å². The van der Waals surface area contributed by atoms with Gasteiger partial charge in [0.2, 0.25) is 0 Å². The van der Waals surface area contributed by atoms with Crippen LogP contribution >= 0.6 is 0 Å². The molecule has 5 N–H and O–H groups in total. The van der Waals surface area contributed by atoms with Crippen molar-refractivity contribution in [2.45, 2.75) is 37.8 Å². The number of aliphatic carboxylic acids is 1. The van der Waals surface area contributed by atoms with E-state index in [1.54, 1.807) is 24.3 Å². The molecule has 230 valence electrons. The van der Waals surface area contributed by atoms with E-state index in [0.29, 0.717) is 23.4 Å². The SMILES string of the molecule is COc1cc(C=C(CCc2ccc(N)cc2N)C(=O)O)ccc1OC(=O)c1ccc(OCCCC(F)(F)C(F)(F)F)cc1. The first-order valence-electron chi connectivity index (χ1n) is 12.9. The highest BCUT2D eigenvalue weighted by atomic mass is 19.4. The number of anilines is 2. The molecule has 0 atom stereocenters. The van der Waals surface area contributed by atoms with Gasteiger partial charge in [-0.1, -0.05) is 12.1 Å². The summed E-state index contributed by atoms with van der Waals surface area (Å²) in [5.74, 6) is -6.31. The molecule has 0 bridgehead atoms. The van der Waals surface area contributed by atoms with Gasteiger partial charge in [-0.25, -0.2) is 9.59 Å². The quantitative estimate of drug-likeness (QED) is 0.0498. The number of alkyl halides is 5. The van der Waals surface area contributed by atoms with Crippen LogP contribution in [0.25, 0.3) is 6.08 Å². The Labute approximate surface area is 243 Å². The molecule has 0 aromatic heterocycles. The number of halogens is 5. The summed E-state index contributed by atoms with van der Waals surface area (Å²) in [6.45, 7) is -0.382. The third-order valence-corrected chi connectivity index (χ3v) is 6.25. The van der Waals surface area contributed by atoms with E-state index in [2.05, 4.69) is 0 Å². The fourth-order valence-electron chi connectivity index (χ4n) is 3.88. The van der Waals surface area contributed by atoms with Crippen molar-refractivity contribution in [3.8, 4) is 17.2 Å². The Morgan fingerprint density at radius 1 is 0.930 bits per heavy atom. The van der Waals surface area contributed by atoms with Crippen molar-refractivity contribution in [2.24, 2.45) is 0 Å². The highest BCUT2D eigenvalue weighted by molar-refractivity contribution is 5.93. The van der Waals surface area contributed by atoms with Gasteiger partial charge in [-0.15, -0.1) is 0 Å². The van der Waals surface area contributed by atoms with Crippen molar-refractivity contribution in [3.05, 3.63) is 82.9 Å². The standard InChI is InChI=1S/C30H29F5N2O6/c1-41-26-16-18(15-21(27(38)39)5-4-19-6-9-22(36)17-24(19)37)3-12-25(26)43-28(40)20-7-10-23(11-8-20)42-14-2-13-29(31,32)30(33,34)35/h3,6-12,15-17H,2,4-5,13-14,36-37H2,1H3,(H,38,39). The molecule has 43 heavy (non-hydrogen) atoms. The third kappa shape index (κ3) is 9.09. The summed E-state index contributed by atoms with van der Waals surface area (Å²) in [4.78, 5) is 24.5. The molecule has 0 radical (unpaired) electrons. The van der Waals surface area contributed by atoms with E-state index in [0.717, 1.165) is 5.56 Å². The first-order chi connectivity index (χ1) is 20.2. The third-order valence-electron chi connectivity index (χ3n) is 6.25. The average Bonchev–Trinajstić information content (AvgIpc) is 2.94. The van der Waals surface area contributed by atoms with Crippen LogP contribution in [0.5, 0.6) is 17.2 Å². The lowest BCUT2D eigenvalue weighted by Crippen LogP contribution is -2.36. The monoisotopic (exact) mass is 608 g/mol. The number of carboxylic acid groups (broad SMARTS) is 1. The Morgan fingerprint density at radius 2 is 1.63 bits per heavy atom. The van der Waals surface area contributed by atoms with E-state index < -0.39 is 36.9 Å². The predicted molar refractivity (Wildman–Crippen MR) is 149 cm³/mol. The minimum Gasteiger partial charge on any atom is -0.494 e. The van der Waals surface area contributed by atoms with Gasteiger partial charge in [-0.3, -0.25) is 0 Å². The second-order valence-corrected chi connectivity index (χ2v) is 9.41. The van der Waals surface area contributed by atoms with Crippen molar-refractivity contribution in [1.29, 1.82) is 0 Å². The van der Waals surface area contributed by atoms with Gasteiger partial charge in [0.15, 0.2) is 11.5 Å². The summed E-state index contributed by atoms with van der Waals surface area (Å²) in [5.41, 5.74) is 14.1. The predicted octanol–water partition coefficient (Wildman–Crippen LogP) is 6.54. The molecular formula is C30H29F5N2O6. The molecule has 0 aliphatic heterocycles. The lowest BCUT2D eigenvalue weighted by atomic mass is 10.0. The number of rotatable bonds is 13. The molecule has 8 nitrogen and oxygen atoms in total. The molecular weight excluding hydrogens is 579 g/mol. The Hall–Kier alpha value is -4.81. The van der Waals surface area contributed by atoms with E-state index in [1.165, 1.54) is 49.6 Å². The summed E-state index contributed by atoms with van der Waals surface area (Å²) in [6.07, 6.45) is -5.55. The Bertz CT molecular complexity index is 1470. The maximum Gasteiger partial charge on any atom is 0.453 e. The molecule has 0 aliphatic carbocycles. The van der Waals surface area contributed by atoms with E-state index in [-0.39, 0.29) is 41.4 Å². The number of nitrogen functional groups attached to an aromatic ring is 2. The lowest BCUT2D eigenvalue weighted by Gasteiger charge is -2.19. The Kier molecular flexibility index (Phi) is 10.6. The van der Waals surface area contributed by atoms with E-state index >= 15 is 0 Å². The van der Waals surface area contributed by atoms with E-state index in [9.17, 15) is 36.6 Å². The van der Waals surface area contributed by atoms with Crippen LogP contribution in [0.1, 0.15) is 40.7 Å². The maximum absolute atomic E-state index is 13.0. The van der Waals surface area contributed by atoms with E-state index in [1.807, 2.05) is 0 Å². The molecule has 13 heteroatoms. The largest absolute Gasteiger partial charge is 0.494 e. The zero-order chi connectivity index (χ0) is 31.8. The number of ether oxygens (including phenoxy) is 3. The molecule has 0 saturated carbocycles. The van der Waals surface area contributed by atoms with Gasteiger partial charge in [-0.05, 0) is 85.0 Å². The molecule has 3 rings (SSSR count). The Morgan fingerprint density at radius 3 is 2.23 bits per heavy atom. The summed E-state index contributed by atoms with van der Waals surface area (Å²) in [5, 5.41) is 9.69. The highest BCUT2D eigenvalue weighted by Crippen LogP contribution is 2.38. The minimum atomic E-state index is -5.62. The molecule has 3 aromatic rings. The number of aryl methyl sites for hydroxylation is 1. The summed E-state index contributed by atoms with van der Waals surface area (Å²) in [7, 11) is 1.35. The second kappa shape index (κ2) is 13.9. The average molecular weight is 609 g/mol. The zero-order valence-electron chi connectivity index (χ0n) is 22.9. The van der Waals surface area contributed by atoms with Crippen LogP contribution in [0.3, 0.4) is 0 Å². The smallest absolute Gasteiger partial charge is 0.453 e. The number of carbonyl (C=O) groups is 2. The molecule has 0 saturated heterocycles. The van der Waals surface area contributed by atoms with Crippen LogP contribution in [0.15, 0.2) is 66.2 Å².